The van der Waals surface area contributed by atoms with E-state index in [1.165, 1.54) is 0 Å². The van der Waals surface area contributed by atoms with E-state index in [0.717, 1.165) is 11.3 Å². The topological polar surface area (TPSA) is 42.0 Å². The summed E-state index contributed by atoms with van der Waals surface area (Å²) in [6, 6.07) is 19.5. The van der Waals surface area contributed by atoms with E-state index in [0.29, 0.717) is 0 Å². The normalized spacial score (nSPS) is 23.9. The molecule has 0 radical (unpaired) electrons. The minimum Gasteiger partial charge on any atom is -0.488 e. The number of hydrogen-bond donors (Lipinski definition) is 1. The van der Waals surface area contributed by atoms with Gasteiger partial charge >= 0.3 is 0 Å². The van der Waals surface area contributed by atoms with E-state index in [1.54, 1.807) is 0 Å². The molecule has 1 heterocycles. The Kier molecular flexibility index (Phi) is 3.72. The summed E-state index contributed by atoms with van der Waals surface area (Å²) in [5, 5.41) is 10.3. The predicted octanol–water partition coefficient (Wildman–Crippen LogP) is 2.95. The molecule has 0 amide bonds. The maximum absolute atomic E-state index is 10.3. The van der Waals surface area contributed by atoms with Crippen LogP contribution in [-0.2, 0) is 4.74 Å². The van der Waals surface area contributed by atoms with Gasteiger partial charge in [-0.2, -0.15) is 0 Å². The molecule has 3 heteroatoms. The van der Waals surface area contributed by atoms with Gasteiger partial charge < -0.3 is 14.6 Å². The van der Waals surface area contributed by atoms with Crippen LogP contribution < -0.4 is 4.74 Å². The number of aliphatic hydroxyl groups is 1. The second kappa shape index (κ2) is 5.65. The van der Waals surface area contributed by atoms with Crippen LogP contribution in [0.3, 0.4) is 0 Å². The molecule has 0 aliphatic carbocycles. The number of aliphatic hydroxyl groups excluding tert-OH is 1. The number of benzene rings is 2. The molecule has 104 valence electrons. The summed E-state index contributed by atoms with van der Waals surface area (Å²) < 4.78 is 11.3. The Morgan fingerprint density at radius 1 is 1.00 bits per heavy atom. The smallest absolute Gasteiger partial charge is 0.124 e. The monoisotopic (exact) mass is 270 g/mol. The molecule has 0 spiro atoms. The molecule has 4 unspecified atom stereocenters. The number of ether oxygens (including phenoxy) is 2. The van der Waals surface area contributed by atoms with E-state index in [4.69, 9.17) is 9.47 Å². The van der Waals surface area contributed by atoms with Crippen LogP contribution in [0.2, 0.25) is 0 Å². The van der Waals surface area contributed by atoms with Crippen LogP contribution in [0.25, 0.3) is 0 Å². The van der Waals surface area contributed by atoms with Crippen molar-refractivity contribution in [2.24, 2.45) is 0 Å². The van der Waals surface area contributed by atoms with Crippen LogP contribution in [0.4, 0.5) is 0 Å². The first-order valence-electron chi connectivity index (χ1n) is 6.86. The molecule has 1 aliphatic rings. The maximum Gasteiger partial charge on any atom is 0.124 e. The largest absolute Gasteiger partial charge is 0.488 e. The number of epoxide rings is 1. The molecule has 0 saturated carbocycles. The third-order valence-electron chi connectivity index (χ3n) is 3.54. The van der Waals surface area contributed by atoms with Crippen LogP contribution in [0.15, 0.2) is 60.7 Å². The predicted molar refractivity (Wildman–Crippen MR) is 76.6 cm³/mol. The Hall–Kier alpha value is -1.84. The third-order valence-corrected chi connectivity index (χ3v) is 3.54. The molecule has 3 rings (SSSR count). The molecule has 2 aromatic rings. The molecule has 20 heavy (non-hydrogen) atoms. The fourth-order valence-corrected chi connectivity index (χ4v) is 2.35. The zero-order valence-corrected chi connectivity index (χ0v) is 11.3. The van der Waals surface area contributed by atoms with Crippen LogP contribution in [-0.4, -0.2) is 23.4 Å². The Morgan fingerprint density at radius 3 is 2.25 bits per heavy atom. The van der Waals surface area contributed by atoms with Crippen molar-refractivity contribution in [3.8, 4) is 5.75 Å². The highest BCUT2D eigenvalue weighted by Crippen LogP contribution is 2.41. The number of hydrogen-bond acceptors (Lipinski definition) is 3. The SMILES string of the molecule is CC(Oc1ccccc1)C(O)C1OC1c1ccccc1. The van der Waals surface area contributed by atoms with Gasteiger partial charge in [0.25, 0.3) is 0 Å². The lowest BCUT2D eigenvalue weighted by Crippen LogP contribution is -2.33. The molecule has 0 aromatic heterocycles. The van der Waals surface area contributed by atoms with Gasteiger partial charge in [0.1, 0.15) is 30.2 Å². The minimum atomic E-state index is -0.639. The molecular formula is C17H18O3. The zero-order chi connectivity index (χ0) is 13.9. The van der Waals surface area contributed by atoms with Crippen LogP contribution >= 0.6 is 0 Å². The summed E-state index contributed by atoms with van der Waals surface area (Å²) in [6.07, 6.45) is -1.15. The van der Waals surface area contributed by atoms with Crippen molar-refractivity contribution in [1.29, 1.82) is 0 Å². The van der Waals surface area contributed by atoms with Crippen molar-refractivity contribution in [2.75, 3.05) is 0 Å². The third kappa shape index (κ3) is 2.84. The summed E-state index contributed by atoms with van der Waals surface area (Å²) in [7, 11) is 0. The average Bonchev–Trinajstić information content (AvgIpc) is 3.29. The second-order valence-corrected chi connectivity index (χ2v) is 5.06. The summed E-state index contributed by atoms with van der Waals surface area (Å²) in [5.74, 6) is 0.760. The van der Waals surface area contributed by atoms with Crippen molar-refractivity contribution >= 4 is 0 Å². The van der Waals surface area contributed by atoms with Gasteiger partial charge in [-0.25, -0.2) is 0 Å². The van der Waals surface area contributed by atoms with Crippen LogP contribution in [0, 0.1) is 0 Å². The zero-order valence-electron chi connectivity index (χ0n) is 11.3. The van der Waals surface area contributed by atoms with E-state index in [1.807, 2.05) is 67.6 Å². The van der Waals surface area contributed by atoms with Crippen molar-refractivity contribution in [3.63, 3.8) is 0 Å². The molecule has 2 aromatic carbocycles. The lowest BCUT2D eigenvalue weighted by molar-refractivity contribution is 0.0279. The van der Waals surface area contributed by atoms with Crippen LogP contribution in [0.1, 0.15) is 18.6 Å². The molecule has 1 aliphatic heterocycles. The van der Waals surface area contributed by atoms with Gasteiger partial charge in [-0.3, -0.25) is 0 Å². The summed E-state index contributed by atoms with van der Waals surface area (Å²) in [5.41, 5.74) is 1.10. The molecule has 3 nitrogen and oxygen atoms in total. The quantitative estimate of drug-likeness (QED) is 0.849. The standard InChI is InChI=1S/C17H18O3/c1-12(19-14-10-6-3-7-11-14)15(18)17-16(20-17)13-8-4-2-5-9-13/h2-12,15-18H,1H3. The molecule has 0 bridgehead atoms. The van der Waals surface area contributed by atoms with Crippen molar-refractivity contribution < 1.29 is 14.6 Å². The lowest BCUT2D eigenvalue weighted by Gasteiger charge is -2.19. The molecular weight excluding hydrogens is 252 g/mol. The second-order valence-electron chi connectivity index (χ2n) is 5.06. The number of rotatable bonds is 5. The lowest BCUT2D eigenvalue weighted by atomic mass is 10.0. The van der Waals surface area contributed by atoms with E-state index >= 15 is 0 Å². The van der Waals surface area contributed by atoms with Gasteiger partial charge in [0.15, 0.2) is 0 Å². The highest BCUT2D eigenvalue weighted by molar-refractivity contribution is 5.24. The molecule has 1 saturated heterocycles. The summed E-state index contributed by atoms with van der Waals surface area (Å²) >= 11 is 0. The summed E-state index contributed by atoms with van der Waals surface area (Å²) in [6.45, 7) is 1.86. The maximum atomic E-state index is 10.3. The Labute approximate surface area is 118 Å². The van der Waals surface area contributed by atoms with E-state index in [2.05, 4.69) is 0 Å². The van der Waals surface area contributed by atoms with Crippen molar-refractivity contribution in [2.45, 2.75) is 31.3 Å². The van der Waals surface area contributed by atoms with Crippen molar-refractivity contribution in [3.05, 3.63) is 66.2 Å². The minimum absolute atomic E-state index is 0.0203. The van der Waals surface area contributed by atoms with Gasteiger partial charge in [0.2, 0.25) is 0 Å². The first kappa shape index (κ1) is 13.2. The van der Waals surface area contributed by atoms with Gasteiger partial charge in [0.05, 0.1) is 0 Å². The van der Waals surface area contributed by atoms with Crippen LogP contribution in [0.5, 0.6) is 5.75 Å². The van der Waals surface area contributed by atoms with E-state index < -0.39 is 6.10 Å². The highest BCUT2D eigenvalue weighted by atomic mass is 16.6. The van der Waals surface area contributed by atoms with E-state index in [9.17, 15) is 5.11 Å². The fraction of sp³-hybridized carbons (Fsp3) is 0.294. The van der Waals surface area contributed by atoms with E-state index in [-0.39, 0.29) is 18.3 Å². The Bertz CT molecular complexity index is 539. The molecule has 1 N–H and O–H groups in total. The summed E-state index contributed by atoms with van der Waals surface area (Å²) in [4.78, 5) is 0. The van der Waals surface area contributed by atoms with Crippen molar-refractivity contribution in [1.82, 2.24) is 0 Å². The van der Waals surface area contributed by atoms with Gasteiger partial charge in [0, 0.05) is 0 Å². The average molecular weight is 270 g/mol. The first-order chi connectivity index (χ1) is 9.75. The molecule has 4 atom stereocenters. The Balaban J connectivity index is 1.59. The van der Waals surface area contributed by atoms with Gasteiger partial charge in [-0.1, -0.05) is 48.5 Å². The van der Waals surface area contributed by atoms with Gasteiger partial charge in [-0.05, 0) is 24.6 Å². The molecule has 1 fully saturated rings. The Morgan fingerprint density at radius 2 is 1.60 bits per heavy atom. The fourth-order valence-electron chi connectivity index (χ4n) is 2.35. The number of para-hydroxylation sites is 1. The van der Waals surface area contributed by atoms with Gasteiger partial charge in [-0.15, -0.1) is 0 Å². The first-order valence-corrected chi connectivity index (χ1v) is 6.86. The highest BCUT2D eigenvalue weighted by Gasteiger charge is 2.47.